The Morgan fingerprint density at radius 1 is 1.47 bits per heavy atom. The van der Waals surface area contributed by atoms with Crippen LogP contribution in [0, 0.1) is 0 Å². The highest BCUT2D eigenvalue weighted by molar-refractivity contribution is 7.54. The number of halogens is 2. The van der Waals surface area contributed by atoms with Crippen molar-refractivity contribution >= 4 is 30.9 Å². The molecule has 15 heavy (non-hydrogen) atoms. The first-order valence-electron chi connectivity index (χ1n) is 5.03. The summed E-state index contributed by atoms with van der Waals surface area (Å²) in [7, 11) is -2.90. The predicted molar refractivity (Wildman–Crippen MR) is 63.8 cm³/mol. The topological polar surface area (TPSA) is 41.6 Å². The Morgan fingerprint density at radius 2 is 2.07 bits per heavy atom. The number of hydrogen-bond donors (Lipinski definition) is 1. The second kappa shape index (κ2) is 6.43. The van der Waals surface area contributed by atoms with E-state index in [1.807, 2.05) is 6.92 Å². The van der Waals surface area contributed by atoms with Crippen molar-refractivity contribution in [3.05, 3.63) is 0 Å². The van der Waals surface area contributed by atoms with Crippen molar-refractivity contribution in [3.8, 4) is 0 Å². The van der Waals surface area contributed by atoms with Gasteiger partial charge in [0.2, 0.25) is 0 Å². The number of hydrogen-bond acceptors (Lipinski definition) is 2. The minimum Gasteiger partial charge on any atom is -0.303 e. The van der Waals surface area contributed by atoms with E-state index in [0.29, 0.717) is 31.4 Å². The zero-order chi connectivity index (χ0) is 11.3. The fourth-order valence-corrected chi connectivity index (χ4v) is 4.26. The van der Waals surface area contributed by atoms with Crippen molar-refractivity contribution in [1.29, 1.82) is 0 Å². The van der Waals surface area contributed by atoms with Gasteiger partial charge in [0.25, 0.3) is 0 Å². The highest BCUT2D eigenvalue weighted by Gasteiger charge is 2.35. The largest absolute Gasteiger partial charge is 0.343 e. The quantitative estimate of drug-likeness (QED) is 0.617. The van der Waals surface area contributed by atoms with E-state index in [4.69, 9.17) is 27.7 Å². The van der Waals surface area contributed by atoms with Crippen LogP contribution in [0.3, 0.4) is 0 Å². The highest BCUT2D eigenvalue weighted by atomic mass is 35.5. The van der Waals surface area contributed by atoms with Gasteiger partial charge in [-0.05, 0) is 13.3 Å². The van der Waals surface area contributed by atoms with Crippen LogP contribution in [0.25, 0.3) is 0 Å². The van der Waals surface area contributed by atoms with Gasteiger partial charge in [-0.25, -0.2) is 9.76 Å². The third-order valence-corrected chi connectivity index (χ3v) is 4.99. The van der Waals surface area contributed by atoms with Gasteiger partial charge in [0.1, 0.15) is 0 Å². The van der Waals surface area contributed by atoms with Crippen LogP contribution in [0.15, 0.2) is 0 Å². The van der Waals surface area contributed by atoms with Gasteiger partial charge in [0.05, 0.1) is 6.10 Å². The van der Waals surface area contributed by atoms with Crippen LogP contribution in [-0.4, -0.2) is 42.2 Å². The maximum absolute atomic E-state index is 12.4. The SMILES string of the molecule is C[C@@H]1CCN[P@](=O)(N(CCCl)CCCl)O1. The number of nitrogens with one attached hydrogen (secondary N) is 1. The van der Waals surface area contributed by atoms with Crippen molar-refractivity contribution < 1.29 is 9.09 Å². The van der Waals surface area contributed by atoms with E-state index < -0.39 is 7.67 Å². The van der Waals surface area contributed by atoms with Gasteiger partial charge < -0.3 is 4.52 Å². The van der Waals surface area contributed by atoms with Crippen molar-refractivity contribution in [2.45, 2.75) is 19.4 Å². The van der Waals surface area contributed by atoms with E-state index in [1.54, 1.807) is 4.67 Å². The van der Waals surface area contributed by atoms with Gasteiger partial charge in [-0.2, -0.15) is 0 Å². The first kappa shape index (κ1) is 13.8. The molecular weight excluding hydrogens is 258 g/mol. The molecule has 90 valence electrons. The highest BCUT2D eigenvalue weighted by Crippen LogP contribution is 2.49. The Balaban J connectivity index is 2.66. The maximum Gasteiger partial charge on any atom is 0.343 e. The molecule has 1 aliphatic rings. The molecule has 7 heteroatoms. The lowest BCUT2D eigenvalue weighted by atomic mass is 10.3. The summed E-state index contributed by atoms with van der Waals surface area (Å²) in [4.78, 5) is 0. The van der Waals surface area contributed by atoms with Crippen LogP contribution >= 0.6 is 30.9 Å². The molecule has 0 aromatic carbocycles. The van der Waals surface area contributed by atoms with Crippen LogP contribution in [0.4, 0.5) is 0 Å². The number of nitrogens with zero attached hydrogens (tertiary/aromatic N) is 1. The minimum atomic E-state index is -2.90. The van der Waals surface area contributed by atoms with Crippen molar-refractivity contribution in [3.63, 3.8) is 0 Å². The van der Waals surface area contributed by atoms with Crippen molar-refractivity contribution in [2.75, 3.05) is 31.4 Å². The van der Waals surface area contributed by atoms with Crippen LogP contribution in [0.1, 0.15) is 13.3 Å². The molecule has 2 atom stereocenters. The Kier molecular flexibility index (Phi) is 5.90. The molecule has 0 amide bonds. The van der Waals surface area contributed by atoms with E-state index in [2.05, 4.69) is 5.09 Å². The predicted octanol–water partition coefficient (Wildman–Crippen LogP) is 2.27. The molecule has 1 aliphatic heterocycles. The zero-order valence-electron chi connectivity index (χ0n) is 8.79. The Labute approximate surface area is 101 Å². The summed E-state index contributed by atoms with van der Waals surface area (Å²) in [5.41, 5.74) is 0. The molecule has 0 aliphatic carbocycles. The first-order chi connectivity index (χ1) is 7.12. The van der Waals surface area contributed by atoms with E-state index in [1.165, 1.54) is 0 Å². The van der Waals surface area contributed by atoms with Gasteiger partial charge in [0.15, 0.2) is 0 Å². The second-order valence-corrected chi connectivity index (χ2v) is 6.35. The molecule has 4 nitrogen and oxygen atoms in total. The molecule has 1 heterocycles. The van der Waals surface area contributed by atoms with Gasteiger partial charge >= 0.3 is 7.67 Å². The first-order valence-corrected chi connectivity index (χ1v) is 7.68. The van der Waals surface area contributed by atoms with E-state index >= 15 is 0 Å². The van der Waals surface area contributed by atoms with E-state index in [0.717, 1.165) is 6.42 Å². The molecule has 1 saturated heterocycles. The van der Waals surface area contributed by atoms with Crippen LogP contribution in [-0.2, 0) is 9.09 Å². The molecule has 0 saturated carbocycles. The molecule has 1 fully saturated rings. The Morgan fingerprint density at radius 3 is 2.53 bits per heavy atom. The average Bonchev–Trinajstić information content (AvgIpc) is 2.17. The van der Waals surface area contributed by atoms with Crippen LogP contribution in [0.2, 0.25) is 0 Å². The fraction of sp³-hybridized carbons (Fsp3) is 1.00. The fourth-order valence-electron chi connectivity index (χ4n) is 1.48. The third kappa shape index (κ3) is 3.88. The molecule has 0 spiro atoms. The van der Waals surface area contributed by atoms with Gasteiger partial charge in [0, 0.05) is 31.4 Å². The van der Waals surface area contributed by atoms with E-state index in [9.17, 15) is 4.57 Å². The molecule has 0 radical (unpaired) electrons. The lowest BCUT2D eigenvalue weighted by Gasteiger charge is -2.35. The smallest absolute Gasteiger partial charge is 0.303 e. The molecule has 1 N–H and O–H groups in total. The van der Waals surface area contributed by atoms with E-state index in [-0.39, 0.29) is 6.10 Å². The Bertz CT molecular complexity index is 237. The maximum atomic E-state index is 12.4. The minimum absolute atomic E-state index is 0.0187. The average molecular weight is 275 g/mol. The standard InChI is InChI=1S/C8H17Cl2N2O2P/c1-8-2-5-11-15(13,14-8)12(6-3-9)7-4-10/h8H,2-7H2,1H3,(H,11,13)/t8-,15-/m1/s1. The summed E-state index contributed by atoms with van der Waals surface area (Å²) in [5.74, 6) is 0.834. The van der Waals surface area contributed by atoms with Crippen LogP contribution < -0.4 is 5.09 Å². The number of rotatable bonds is 5. The van der Waals surface area contributed by atoms with Crippen molar-refractivity contribution in [2.24, 2.45) is 0 Å². The number of alkyl halides is 2. The monoisotopic (exact) mass is 274 g/mol. The molecule has 0 aromatic rings. The summed E-state index contributed by atoms with van der Waals surface area (Å²) in [6.45, 7) is 3.67. The summed E-state index contributed by atoms with van der Waals surface area (Å²) in [5, 5.41) is 2.94. The zero-order valence-corrected chi connectivity index (χ0v) is 11.2. The Hall–Kier alpha value is 0.690. The third-order valence-electron chi connectivity index (χ3n) is 2.24. The molecule has 0 unspecified atom stereocenters. The summed E-state index contributed by atoms with van der Waals surface area (Å²) < 4.78 is 19.6. The second-order valence-electron chi connectivity index (χ2n) is 3.46. The molecule has 0 aromatic heterocycles. The molecule has 0 bridgehead atoms. The molecular formula is C8H17Cl2N2O2P. The lowest BCUT2D eigenvalue weighted by Crippen LogP contribution is -2.38. The van der Waals surface area contributed by atoms with Crippen LogP contribution in [0.5, 0.6) is 0 Å². The van der Waals surface area contributed by atoms with Gasteiger partial charge in [-0.3, -0.25) is 4.57 Å². The van der Waals surface area contributed by atoms with Gasteiger partial charge in [-0.15, -0.1) is 23.2 Å². The normalized spacial score (nSPS) is 32.1. The van der Waals surface area contributed by atoms with Crippen molar-refractivity contribution in [1.82, 2.24) is 9.76 Å². The molecule has 1 rings (SSSR count). The lowest BCUT2D eigenvalue weighted by molar-refractivity contribution is 0.162. The summed E-state index contributed by atoms with van der Waals surface area (Å²) >= 11 is 11.3. The summed E-state index contributed by atoms with van der Waals surface area (Å²) in [6, 6.07) is 0. The summed E-state index contributed by atoms with van der Waals surface area (Å²) in [6.07, 6.45) is 0.893. The van der Waals surface area contributed by atoms with Gasteiger partial charge in [-0.1, -0.05) is 0 Å².